The third-order valence-electron chi connectivity index (χ3n) is 4.51. The van der Waals surface area contributed by atoms with Crippen LogP contribution in [0.25, 0.3) is 0 Å². The van der Waals surface area contributed by atoms with Crippen LogP contribution in [0.15, 0.2) is 18.2 Å². The minimum atomic E-state index is -0.115. The van der Waals surface area contributed by atoms with Crippen LogP contribution in [-0.4, -0.2) is 42.6 Å². The van der Waals surface area contributed by atoms with Gasteiger partial charge in [0.25, 0.3) is 5.91 Å². The summed E-state index contributed by atoms with van der Waals surface area (Å²) in [5.41, 5.74) is 6.92. The van der Waals surface area contributed by atoms with E-state index in [1.807, 2.05) is 13.0 Å². The summed E-state index contributed by atoms with van der Waals surface area (Å²) in [6.45, 7) is 4.66. The van der Waals surface area contributed by atoms with E-state index in [4.69, 9.17) is 10.5 Å². The normalized spacial score (nSPS) is 24.8. The first-order valence-corrected chi connectivity index (χ1v) is 7.77. The summed E-state index contributed by atoms with van der Waals surface area (Å²) in [7, 11) is 0. The van der Waals surface area contributed by atoms with Crippen LogP contribution in [0.2, 0.25) is 0 Å². The SMILES string of the molecule is CCOc1cccc(N)c1C(=O)NC1CCN2CCCC12. The second-order valence-electron chi connectivity index (χ2n) is 5.77. The van der Waals surface area contributed by atoms with Crippen molar-refractivity contribution in [1.82, 2.24) is 10.2 Å². The molecule has 1 aromatic carbocycles. The van der Waals surface area contributed by atoms with Crippen molar-refractivity contribution < 1.29 is 9.53 Å². The molecule has 2 heterocycles. The summed E-state index contributed by atoms with van der Waals surface area (Å²) < 4.78 is 5.54. The molecule has 2 aliphatic rings. The molecule has 0 aromatic heterocycles. The van der Waals surface area contributed by atoms with E-state index in [0.29, 0.717) is 29.6 Å². The number of anilines is 1. The molecule has 0 saturated carbocycles. The van der Waals surface area contributed by atoms with E-state index in [0.717, 1.165) is 19.5 Å². The Morgan fingerprint density at radius 2 is 2.29 bits per heavy atom. The Bertz CT molecular complexity index is 532. The number of rotatable bonds is 4. The lowest BCUT2D eigenvalue weighted by Crippen LogP contribution is -2.42. The minimum Gasteiger partial charge on any atom is -0.493 e. The molecule has 0 aliphatic carbocycles. The Morgan fingerprint density at radius 3 is 3.10 bits per heavy atom. The van der Waals surface area contributed by atoms with Crippen molar-refractivity contribution in [2.45, 2.75) is 38.3 Å². The number of amides is 1. The molecule has 0 spiro atoms. The van der Waals surface area contributed by atoms with Crippen LogP contribution in [0, 0.1) is 0 Å². The summed E-state index contributed by atoms with van der Waals surface area (Å²) in [6.07, 6.45) is 3.43. The lowest BCUT2D eigenvalue weighted by molar-refractivity contribution is 0.0926. The third-order valence-corrected chi connectivity index (χ3v) is 4.51. The largest absolute Gasteiger partial charge is 0.493 e. The van der Waals surface area contributed by atoms with Crippen LogP contribution >= 0.6 is 0 Å². The van der Waals surface area contributed by atoms with Gasteiger partial charge in [0, 0.05) is 24.3 Å². The first kappa shape index (κ1) is 14.2. The Labute approximate surface area is 125 Å². The smallest absolute Gasteiger partial charge is 0.257 e. The van der Waals surface area contributed by atoms with Crippen molar-refractivity contribution in [1.29, 1.82) is 0 Å². The molecule has 2 saturated heterocycles. The molecule has 21 heavy (non-hydrogen) atoms. The first-order valence-electron chi connectivity index (χ1n) is 7.77. The van der Waals surface area contributed by atoms with Crippen molar-refractivity contribution in [3.8, 4) is 5.75 Å². The van der Waals surface area contributed by atoms with Gasteiger partial charge in [0.15, 0.2) is 0 Å². The van der Waals surface area contributed by atoms with Crippen LogP contribution in [0.1, 0.15) is 36.5 Å². The summed E-state index contributed by atoms with van der Waals surface area (Å²) >= 11 is 0. The van der Waals surface area contributed by atoms with Gasteiger partial charge in [-0.1, -0.05) is 6.07 Å². The highest BCUT2D eigenvalue weighted by Gasteiger charge is 2.38. The van der Waals surface area contributed by atoms with Crippen LogP contribution in [0.3, 0.4) is 0 Å². The van der Waals surface area contributed by atoms with Crippen molar-refractivity contribution in [2.75, 3.05) is 25.4 Å². The van der Waals surface area contributed by atoms with E-state index >= 15 is 0 Å². The molecule has 2 aliphatic heterocycles. The molecule has 1 aromatic rings. The third kappa shape index (κ3) is 2.70. The second-order valence-corrected chi connectivity index (χ2v) is 5.77. The number of fused-ring (bicyclic) bond motifs is 1. The summed E-state index contributed by atoms with van der Waals surface area (Å²) in [5, 5.41) is 3.17. The number of carbonyl (C=O) groups is 1. The van der Waals surface area contributed by atoms with Gasteiger partial charge in [0.05, 0.1) is 6.61 Å². The molecule has 1 amide bonds. The van der Waals surface area contributed by atoms with E-state index < -0.39 is 0 Å². The molecular weight excluding hydrogens is 266 g/mol. The van der Waals surface area contributed by atoms with Gasteiger partial charge in [-0.05, 0) is 44.9 Å². The molecule has 2 atom stereocenters. The van der Waals surface area contributed by atoms with Crippen LogP contribution in [-0.2, 0) is 0 Å². The zero-order chi connectivity index (χ0) is 14.8. The highest BCUT2D eigenvalue weighted by Crippen LogP contribution is 2.29. The fourth-order valence-corrected chi connectivity index (χ4v) is 3.56. The van der Waals surface area contributed by atoms with Crippen LogP contribution in [0.5, 0.6) is 5.75 Å². The number of hydrogen-bond acceptors (Lipinski definition) is 4. The average molecular weight is 289 g/mol. The maximum Gasteiger partial charge on any atom is 0.257 e. The number of benzene rings is 1. The molecule has 114 valence electrons. The number of nitrogens with zero attached hydrogens (tertiary/aromatic N) is 1. The van der Waals surface area contributed by atoms with Crippen molar-refractivity contribution in [3.05, 3.63) is 23.8 Å². The number of nitrogens with one attached hydrogen (secondary N) is 1. The van der Waals surface area contributed by atoms with E-state index in [9.17, 15) is 4.79 Å². The van der Waals surface area contributed by atoms with Crippen LogP contribution < -0.4 is 15.8 Å². The quantitative estimate of drug-likeness (QED) is 0.827. The van der Waals surface area contributed by atoms with Crippen LogP contribution in [0.4, 0.5) is 5.69 Å². The number of hydrogen-bond donors (Lipinski definition) is 2. The highest BCUT2D eigenvalue weighted by atomic mass is 16.5. The molecule has 0 radical (unpaired) electrons. The molecular formula is C16H23N3O2. The molecule has 0 bridgehead atoms. The summed E-state index contributed by atoms with van der Waals surface area (Å²) in [6, 6.07) is 6.08. The van der Waals surface area contributed by atoms with Crippen molar-refractivity contribution >= 4 is 11.6 Å². The minimum absolute atomic E-state index is 0.115. The van der Waals surface area contributed by atoms with Gasteiger partial charge in [-0.25, -0.2) is 0 Å². The Morgan fingerprint density at radius 1 is 1.43 bits per heavy atom. The Balaban J connectivity index is 1.76. The summed E-state index contributed by atoms with van der Waals surface area (Å²) in [5.74, 6) is 0.451. The number of ether oxygens (including phenoxy) is 1. The number of nitrogens with two attached hydrogens (primary N) is 1. The van der Waals surface area contributed by atoms with Crippen molar-refractivity contribution in [2.24, 2.45) is 0 Å². The van der Waals surface area contributed by atoms with Crippen molar-refractivity contribution in [3.63, 3.8) is 0 Å². The lowest BCUT2D eigenvalue weighted by Gasteiger charge is -2.22. The average Bonchev–Trinajstić information content (AvgIpc) is 3.04. The highest BCUT2D eigenvalue weighted by molar-refractivity contribution is 6.02. The maximum absolute atomic E-state index is 12.6. The topological polar surface area (TPSA) is 67.6 Å². The van der Waals surface area contributed by atoms with Gasteiger partial charge in [0.2, 0.25) is 0 Å². The van der Waals surface area contributed by atoms with Gasteiger partial charge in [-0.2, -0.15) is 0 Å². The van der Waals surface area contributed by atoms with E-state index in [1.165, 1.54) is 12.8 Å². The predicted molar refractivity (Wildman–Crippen MR) is 82.5 cm³/mol. The Hall–Kier alpha value is -1.75. The number of nitrogen functional groups attached to an aromatic ring is 1. The van der Waals surface area contributed by atoms with E-state index in [-0.39, 0.29) is 11.9 Å². The Kier molecular flexibility index (Phi) is 4.01. The standard InChI is InChI=1S/C16H23N3O2/c1-2-21-14-7-3-5-11(17)15(14)16(20)18-12-8-10-19-9-4-6-13(12)19/h3,5,7,12-13H,2,4,6,8-10,17H2,1H3,(H,18,20). The molecule has 3 N–H and O–H groups in total. The zero-order valence-corrected chi connectivity index (χ0v) is 12.5. The van der Waals surface area contributed by atoms with Gasteiger partial charge in [0.1, 0.15) is 11.3 Å². The maximum atomic E-state index is 12.6. The number of carbonyl (C=O) groups excluding carboxylic acids is 1. The predicted octanol–water partition coefficient (Wildman–Crippen LogP) is 1.63. The molecule has 5 heteroatoms. The van der Waals surface area contributed by atoms with E-state index in [1.54, 1.807) is 12.1 Å². The fraction of sp³-hybridized carbons (Fsp3) is 0.562. The van der Waals surface area contributed by atoms with Gasteiger partial charge >= 0.3 is 0 Å². The molecule has 2 fully saturated rings. The van der Waals surface area contributed by atoms with E-state index in [2.05, 4.69) is 10.2 Å². The van der Waals surface area contributed by atoms with Gasteiger partial charge < -0.3 is 15.8 Å². The monoisotopic (exact) mass is 289 g/mol. The molecule has 3 rings (SSSR count). The second kappa shape index (κ2) is 5.93. The fourth-order valence-electron chi connectivity index (χ4n) is 3.56. The molecule has 5 nitrogen and oxygen atoms in total. The lowest BCUT2D eigenvalue weighted by atomic mass is 10.1. The zero-order valence-electron chi connectivity index (χ0n) is 12.5. The van der Waals surface area contributed by atoms with Gasteiger partial charge in [-0.15, -0.1) is 0 Å². The first-order chi connectivity index (χ1) is 10.2. The summed E-state index contributed by atoms with van der Waals surface area (Å²) in [4.78, 5) is 15.1. The van der Waals surface area contributed by atoms with Gasteiger partial charge in [-0.3, -0.25) is 9.69 Å². The molecule has 2 unspecified atom stereocenters.